The van der Waals surface area contributed by atoms with Gasteiger partial charge in [0.25, 0.3) is 0 Å². The highest BCUT2D eigenvalue weighted by atomic mass is 16.5. The van der Waals surface area contributed by atoms with Crippen molar-refractivity contribution in [2.45, 2.75) is 70.7 Å². The molecule has 146 valence electrons. The summed E-state index contributed by atoms with van der Waals surface area (Å²) < 4.78 is 6.03. The van der Waals surface area contributed by atoms with E-state index in [1.807, 2.05) is 0 Å². The van der Waals surface area contributed by atoms with E-state index in [9.17, 15) is 10.2 Å². The summed E-state index contributed by atoms with van der Waals surface area (Å²) in [6, 6.07) is 15.3. The van der Waals surface area contributed by atoms with E-state index >= 15 is 0 Å². The SMILES string of the molecule is CCc1ccc(C(C)(C)c2cc(C3CC(O)CC(CO)O3)ccc2C)cc1. The molecule has 2 N–H and O–H groups in total. The minimum atomic E-state index is -0.430. The maximum absolute atomic E-state index is 10.2. The van der Waals surface area contributed by atoms with Gasteiger partial charge in [0, 0.05) is 18.3 Å². The lowest BCUT2D eigenvalue weighted by molar-refractivity contribution is -0.113. The molecule has 27 heavy (non-hydrogen) atoms. The summed E-state index contributed by atoms with van der Waals surface area (Å²) in [5.74, 6) is 0. The van der Waals surface area contributed by atoms with Gasteiger partial charge in [-0.15, -0.1) is 0 Å². The van der Waals surface area contributed by atoms with Gasteiger partial charge in [-0.05, 0) is 41.2 Å². The third kappa shape index (κ3) is 4.26. The summed E-state index contributed by atoms with van der Waals surface area (Å²) >= 11 is 0. The first-order valence-corrected chi connectivity index (χ1v) is 10.00. The molecule has 0 radical (unpaired) electrons. The van der Waals surface area contributed by atoms with E-state index in [2.05, 4.69) is 70.2 Å². The van der Waals surface area contributed by atoms with Crippen molar-refractivity contribution in [2.24, 2.45) is 0 Å². The lowest BCUT2D eigenvalue weighted by Gasteiger charge is -2.34. The van der Waals surface area contributed by atoms with E-state index in [0.29, 0.717) is 12.8 Å². The molecule has 1 aliphatic rings. The number of hydrogen-bond acceptors (Lipinski definition) is 3. The molecule has 2 aromatic rings. The van der Waals surface area contributed by atoms with Crippen LogP contribution in [-0.2, 0) is 16.6 Å². The zero-order valence-corrected chi connectivity index (χ0v) is 16.9. The molecule has 1 heterocycles. The van der Waals surface area contributed by atoms with Crippen LogP contribution in [0.25, 0.3) is 0 Å². The molecule has 1 saturated heterocycles. The van der Waals surface area contributed by atoms with Crippen molar-refractivity contribution in [1.82, 2.24) is 0 Å². The van der Waals surface area contributed by atoms with E-state index in [0.717, 1.165) is 12.0 Å². The van der Waals surface area contributed by atoms with Gasteiger partial charge >= 0.3 is 0 Å². The van der Waals surface area contributed by atoms with Crippen LogP contribution in [0.3, 0.4) is 0 Å². The molecule has 0 aliphatic carbocycles. The van der Waals surface area contributed by atoms with Crippen molar-refractivity contribution < 1.29 is 14.9 Å². The first-order valence-electron chi connectivity index (χ1n) is 10.00. The Morgan fingerprint density at radius 3 is 2.41 bits per heavy atom. The largest absolute Gasteiger partial charge is 0.394 e. The number of ether oxygens (including phenoxy) is 1. The van der Waals surface area contributed by atoms with E-state index in [1.54, 1.807) is 0 Å². The fourth-order valence-electron chi connectivity index (χ4n) is 4.15. The van der Waals surface area contributed by atoms with Gasteiger partial charge in [0.1, 0.15) is 0 Å². The second kappa shape index (κ2) is 8.14. The summed E-state index contributed by atoms with van der Waals surface area (Å²) in [6.45, 7) is 8.78. The van der Waals surface area contributed by atoms with Crippen LogP contribution in [0.1, 0.15) is 67.5 Å². The van der Waals surface area contributed by atoms with E-state index in [-0.39, 0.29) is 24.2 Å². The zero-order chi connectivity index (χ0) is 19.6. The minimum Gasteiger partial charge on any atom is -0.394 e. The average molecular weight is 369 g/mol. The van der Waals surface area contributed by atoms with Gasteiger partial charge in [-0.3, -0.25) is 0 Å². The van der Waals surface area contributed by atoms with Gasteiger partial charge in [0.2, 0.25) is 0 Å². The summed E-state index contributed by atoms with van der Waals surface area (Å²) in [7, 11) is 0. The van der Waals surface area contributed by atoms with E-state index in [4.69, 9.17) is 4.74 Å². The van der Waals surface area contributed by atoms with Crippen LogP contribution in [0.5, 0.6) is 0 Å². The third-order valence-electron chi connectivity index (χ3n) is 5.97. The molecule has 3 unspecified atom stereocenters. The van der Waals surface area contributed by atoms with Crippen molar-refractivity contribution in [3.8, 4) is 0 Å². The first-order chi connectivity index (χ1) is 12.8. The van der Waals surface area contributed by atoms with Gasteiger partial charge < -0.3 is 14.9 Å². The Kier molecular flexibility index (Phi) is 6.05. The molecular formula is C24H32O3. The predicted octanol–water partition coefficient (Wildman–Crippen LogP) is 4.46. The summed E-state index contributed by atoms with van der Waals surface area (Å²) in [5, 5.41) is 19.6. The fraction of sp³-hybridized carbons (Fsp3) is 0.500. The van der Waals surface area contributed by atoms with Gasteiger partial charge in [0.05, 0.1) is 24.9 Å². The normalized spacial score (nSPS) is 23.4. The Morgan fingerprint density at radius 2 is 1.78 bits per heavy atom. The van der Waals surface area contributed by atoms with Crippen LogP contribution in [0.15, 0.2) is 42.5 Å². The molecule has 0 aromatic heterocycles. The van der Waals surface area contributed by atoms with Crippen molar-refractivity contribution >= 4 is 0 Å². The van der Waals surface area contributed by atoms with Crippen molar-refractivity contribution in [1.29, 1.82) is 0 Å². The monoisotopic (exact) mass is 368 g/mol. The lowest BCUT2D eigenvalue weighted by atomic mass is 9.75. The topological polar surface area (TPSA) is 49.7 Å². The number of aliphatic hydroxyl groups excluding tert-OH is 2. The average Bonchev–Trinajstić information content (AvgIpc) is 2.67. The molecule has 1 fully saturated rings. The summed E-state index contributed by atoms with van der Waals surface area (Å²) in [6.07, 6.45) is 1.22. The van der Waals surface area contributed by atoms with Gasteiger partial charge in [-0.1, -0.05) is 63.2 Å². The fourth-order valence-corrected chi connectivity index (χ4v) is 4.15. The molecule has 0 saturated carbocycles. The number of rotatable bonds is 5. The highest BCUT2D eigenvalue weighted by molar-refractivity contribution is 5.45. The van der Waals surface area contributed by atoms with E-state index in [1.165, 1.54) is 22.3 Å². The smallest absolute Gasteiger partial charge is 0.0854 e. The molecule has 0 spiro atoms. The predicted molar refractivity (Wildman–Crippen MR) is 109 cm³/mol. The molecule has 3 nitrogen and oxygen atoms in total. The van der Waals surface area contributed by atoms with Gasteiger partial charge in [-0.2, -0.15) is 0 Å². The zero-order valence-electron chi connectivity index (χ0n) is 16.9. The van der Waals surface area contributed by atoms with Crippen LogP contribution in [0, 0.1) is 6.92 Å². The number of aryl methyl sites for hydroxylation is 2. The molecule has 0 amide bonds. The quantitative estimate of drug-likeness (QED) is 0.819. The van der Waals surface area contributed by atoms with Gasteiger partial charge in [-0.25, -0.2) is 0 Å². The third-order valence-corrected chi connectivity index (χ3v) is 5.97. The lowest BCUT2D eigenvalue weighted by Crippen LogP contribution is -2.33. The highest BCUT2D eigenvalue weighted by Gasteiger charge is 2.31. The van der Waals surface area contributed by atoms with Crippen LogP contribution in [0.4, 0.5) is 0 Å². The molecular weight excluding hydrogens is 336 g/mol. The number of aliphatic hydroxyl groups is 2. The maximum atomic E-state index is 10.2. The Balaban J connectivity index is 1.94. The highest BCUT2D eigenvalue weighted by Crippen LogP contribution is 2.38. The molecule has 1 aliphatic heterocycles. The second-order valence-electron chi connectivity index (χ2n) is 8.30. The molecule has 3 heteroatoms. The van der Waals surface area contributed by atoms with Crippen molar-refractivity contribution in [3.63, 3.8) is 0 Å². The van der Waals surface area contributed by atoms with Crippen LogP contribution in [-0.4, -0.2) is 29.0 Å². The van der Waals surface area contributed by atoms with Crippen LogP contribution < -0.4 is 0 Å². The van der Waals surface area contributed by atoms with Crippen LogP contribution in [0.2, 0.25) is 0 Å². The second-order valence-corrected chi connectivity index (χ2v) is 8.30. The molecule has 2 aromatic carbocycles. The number of hydrogen-bond donors (Lipinski definition) is 2. The minimum absolute atomic E-state index is 0.0540. The number of benzene rings is 2. The Labute approximate surface area is 163 Å². The standard InChI is InChI=1S/C24H32O3/c1-5-17-7-10-19(11-8-17)24(3,4)22-12-18(9-6-16(22)2)23-14-20(26)13-21(15-25)27-23/h6-12,20-21,23,25-26H,5,13-15H2,1-4H3. The summed E-state index contributed by atoms with van der Waals surface area (Å²) in [5.41, 5.74) is 6.10. The maximum Gasteiger partial charge on any atom is 0.0854 e. The van der Waals surface area contributed by atoms with E-state index < -0.39 is 6.10 Å². The molecule has 0 bridgehead atoms. The Morgan fingerprint density at radius 1 is 1.07 bits per heavy atom. The van der Waals surface area contributed by atoms with Crippen molar-refractivity contribution in [2.75, 3.05) is 6.61 Å². The molecule has 3 rings (SSSR count). The summed E-state index contributed by atoms with van der Waals surface area (Å²) in [4.78, 5) is 0. The van der Waals surface area contributed by atoms with Crippen molar-refractivity contribution in [3.05, 3.63) is 70.3 Å². The van der Waals surface area contributed by atoms with Crippen LogP contribution >= 0.6 is 0 Å². The first kappa shape index (κ1) is 20.1. The Hall–Kier alpha value is -1.68. The van der Waals surface area contributed by atoms with Gasteiger partial charge in [0.15, 0.2) is 0 Å². The molecule has 3 atom stereocenters. The Bertz CT molecular complexity index is 764.